The molecule has 0 unspecified atom stereocenters. The smallest absolute Gasteiger partial charge is 0.341 e. The molecule has 2 rings (SSSR count). The fourth-order valence-corrected chi connectivity index (χ4v) is 1.92. The number of nitrogens with two attached hydrogens (primary N) is 1. The summed E-state index contributed by atoms with van der Waals surface area (Å²) in [5.41, 5.74) is 6.48. The molecule has 134 valence electrons. The Bertz CT molecular complexity index is 831. The Morgan fingerprint density at radius 3 is 2.12 bits per heavy atom. The van der Waals surface area contributed by atoms with Crippen LogP contribution < -0.4 is 21.1 Å². The molecule has 0 aromatic heterocycles. The van der Waals surface area contributed by atoms with E-state index in [1.807, 2.05) is 0 Å². The van der Waals surface area contributed by atoms with E-state index in [1.54, 1.807) is 24.3 Å². The molecule has 0 heterocycles. The number of carbonyl (C=O) groups excluding carboxylic acids is 2. The van der Waals surface area contributed by atoms with Crippen molar-refractivity contribution in [1.29, 1.82) is 5.41 Å². The minimum absolute atomic E-state index is 0.0908. The third-order valence-electron chi connectivity index (χ3n) is 3.16. The van der Waals surface area contributed by atoms with Gasteiger partial charge in [0.15, 0.2) is 6.61 Å². The van der Waals surface area contributed by atoms with Crippen LogP contribution in [0.3, 0.4) is 0 Å². The Balaban J connectivity index is 1.90. The molecule has 6 N–H and O–H groups in total. The van der Waals surface area contributed by atoms with Crippen LogP contribution >= 0.6 is 0 Å². The SMILES string of the molecule is N=C(N)c1ccc(NC(=O)NC(=O)c2ccc(OCC(=O)O)cc2)cc1. The van der Waals surface area contributed by atoms with E-state index in [2.05, 4.69) is 10.6 Å². The highest BCUT2D eigenvalue weighted by Gasteiger charge is 2.11. The third-order valence-corrected chi connectivity index (χ3v) is 3.16. The van der Waals surface area contributed by atoms with Gasteiger partial charge in [-0.2, -0.15) is 0 Å². The Hall–Kier alpha value is -3.88. The number of aliphatic carboxylic acids is 1. The maximum Gasteiger partial charge on any atom is 0.341 e. The first kappa shape index (κ1) is 18.5. The summed E-state index contributed by atoms with van der Waals surface area (Å²) < 4.78 is 4.95. The molecule has 0 saturated carbocycles. The number of ether oxygens (including phenoxy) is 1. The predicted molar refractivity (Wildman–Crippen MR) is 93.5 cm³/mol. The van der Waals surface area contributed by atoms with Gasteiger partial charge in [-0.25, -0.2) is 9.59 Å². The Kier molecular flexibility index (Phi) is 5.88. The van der Waals surface area contributed by atoms with E-state index < -0.39 is 24.5 Å². The summed E-state index contributed by atoms with van der Waals surface area (Å²) in [4.78, 5) is 34.3. The van der Waals surface area contributed by atoms with Gasteiger partial charge in [0, 0.05) is 16.8 Å². The van der Waals surface area contributed by atoms with Crippen molar-refractivity contribution in [3.63, 3.8) is 0 Å². The van der Waals surface area contributed by atoms with Gasteiger partial charge in [-0.05, 0) is 48.5 Å². The first-order chi connectivity index (χ1) is 12.3. The van der Waals surface area contributed by atoms with Crippen LogP contribution in [0.4, 0.5) is 10.5 Å². The molecular weight excluding hydrogens is 340 g/mol. The molecule has 9 nitrogen and oxygen atoms in total. The Morgan fingerprint density at radius 2 is 1.58 bits per heavy atom. The van der Waals surface area contributed by atoms with Crippen LogP contribution in [0.15, 0.2) is 48.5 Å². The van der Waals surface area contributed by atoms with Gasteiger partial charge in [0.05, 0.1) is 0 Å². The number of carboxylic acids is 1. The lowest BCUT2D eigenvalue weighted by Gasteiger charge is -2.08. The molecule has 0 bridgehead atoms. The summed E-state index contributed by atoms with van der Waals surface area (Å²) in [7, 11) is 0. The van der Waals surface area contributed by atoms with Crippen molar-refractivity contribution in [2.75, 3.05) is 11.9 Å². The average molecular weight is 356 g/mol. The molecule has 0 aliphatic rings. The van der Waals surface area contributed by atoms with E-state index in [4.69, 9.17) is 21.0 Å². The molecule has 0 spiro atoms. The molecule has 0 fully saturated rings. The van der Waals surface area contributed by atoms with Gasteiger partial charge in [0.2, 0.25) is 0 Å². The van der Waals surface area contributed by atoms with Crippen molar-refractivity contribution in [3.05, 3.63) is 59.7 Å². The van der Waals surface area contributed by atoms with Gasteiger partial charge in [-0.15, -0.1) is 0 Å². The molecule has 9 heteroatoms. The summed E-state index contributed by atoms with van der Waals surface area (Å²) in [5, 5.41) is 20.5. The number of imide groups is 1. The number of benzene rings is 2. The first-order valence-electron chi connectivity index (χ1n) is 7.36. The van der Waals surface area contributed by atoms with Gasteiger partial charge < -0.3 is 20.9 Å². The van der Waals surface area contributed by atoms with Gasteiger partial charge in [-0.3, -0.25) is 15.5 Å². The number of amidine groups is 1. The van der Waals surface area contributed by atoms with Gasteiger partial charge in [-0.1, -0.05) is 0 Å². The van der Waals surface area contributed by atoms with Crippen molar-refractivity contribution in [1.82, 2.24) is 5.32 Å². The molecule has 0 aliphatic heterocycles. The number of rotatable bonds is 6. The second kappa shape index (κ2) is 8.29. The van der Waals surface area contributed by atoms with E-state index in [0.717, 1.165) is 0 Å². The molecule has 0 radical (unpaired) electrons. The van der Waals surface area contributed by atoms with Crippen LogP contribution in [0.5, 0.6) is 5.75 Å². The minimum atomic E-state index is -1.11. The van der Waals surface area contributed by atoms with Gasteiger partial charge >= 0.3 is 12.0 Å². The molecule has 2 aromatic rings. The Morgan fingerprint density at radius 1 is 1.00 bits per heavy atom. The maximum absolute atomic E-state index is 12.0. The van der Waals surface area contributed by atoms with Crippen molar-refractivity contribution < 1.29 is 24.2 Å². The lowest BCUT2D eigenvalue weighted by Crippen LogP contribution is -2.34. The highest BCUT2D eigenvalue weighted by Crippen LogP contribution is 2.12. The molecule has 26 heavy (non-hydrogen) atoms. The van der Waals surface area contributed by atoms with Crippen LogP contribution in [0.2, 0.25) is 0 Å². The number of urea groups is 1. The number of nitrogen functional groups attached to an aromatic ring is 1. The third kappa shape index (κ3) is 5.34. The van der Waals surface area contributed by atoms with E-state index in [-0.39, 0.29) is 11.4 Å². The topological polar surface area (TPSA) is 155 Å². The van der Waals surface area contributed by atoms with Crippen LogP contribution in [0, 0.1) is 5.41 Å². The zero-order valence-corrected chi connectivity index (χ0v) is 13.5. The predicted octanol–water partition coefficient (Wildman–Crippen LogP) is 1.40. The van der Waals surface area contributed by atoms with Crippen molar-refractivity contribution in [2.45, 2.75) is 0 Å². The standard InChI is InChI=1S/C17H16N4O5/c18-15(19)10-1-5-12(6-2-10)20-17(25)21-16(24)11-3-7-13(8-4-11)26-9-14(22)23/h1-8H,9H2,(H3,18,19)(H,22,23)(H2,20,21,24,25). The first-order valence-corrected chi connectivity index (χ1v) is 7.36. The monoisotopic (exact) mass is 356 g/mol. The molecule has 2 aromatic carbocycles. The van der Waals surface area contributed by atoms with Crippen LogP contribution in [-0.4, -0.2) is 35.5 Å². The molecular formula is C17H16N4O5. The normalized spacial score (nSPS) is 9.85. The van der Waals surface area contributed by atoms with Gasteiger partial charge in [0.25, 0.3) is 5.91 Å². The van der Waals surface area contributed by atoms with E-state index in [9.17, 15) is 14.4 Å². The highest BCUT2D eigenvalue weighted by atomic mass is 16.5. The lowest BCUT2D eigenvalue weighted by molar-refractivity contribution is -0.139. The molecule has 3 amide bonds. The number of anilines is 1. The van der Waals surface area contributed by atoms with Crippen LogP contribution in [-0.2, 0) is 4.79 Å². The number of amides is 3. The fourth-order valence-electron chi connectivity index (χ4n) is 1.92. The zero-order valence-electron chi connectivity index (χ0n) is 13.5. The lowest BCUT2D eigenvalue weighted by atomic mass is 10.2. The molecule has 0 saturated heterocycles. The van der Waals surface area contributed by atoms with E-state index >= 15 is 0 Å². The average Bonchev–Trinajstić information content (AvgIpc) is 2.60. The maximum atomic E-state index is 12.0. The van der Waals surface area contributed by atoms with Crippen molar-refractivity contribution in [3.8, 4) is 5.75 Å². The molecule has 0 aliphatic carbocycles. The molecule has 0 atom stereocenters. The van der Waals surface area contributed by atoms with E-state index in [0.29, 0.717) is 17.0 Å². The largest absolute Gasteiger partial charge is 0.482 e. The minimum Gasteiger partial charge on any atom is -0.482 e. The summed E-state index contributed by atoms with van der Waals surface area (Å²) in [6.07, 6.45) is 0. The summed E-state index contributed by atoms with van der Waals surface area (Å²) in [5.74, 6) is -1.54. The zero-order chi connectivity index (χ0) is 19.1. The quantitative estimate of drug-likeness (QED) is 0.389. The number of carboxylic acid groups (broad SMARTS) is 1. The van der Waals surface area contributed by atoms with Crippen LogP contribution in [0.25, 0.3) is 0 Å². The number of carbonyl (C=O) groups is 3. The summed E-state index contributed by atoms with van der Waals surface area (Å²) >= 11 is 0. The second-order valence-electron chi connectivity index (χ2n) is 5.11. The fraction of sp³-hybridized carbons (Fsp3) is 0.0588. The van der Waals surface area contributed by atoms with Crippen molar-refractivity contribution >= 4 is 29.4 Å². The second-order valence-corrected chi connectivity index (χ2v) is 5.11. The summed E-state index contributed by atoms with van der Waals surface area (Å²) in [6, 6.07) is 11.2. The number of hydrogen-bond acceptors (Lipinski definition) is 5. The summed E-state index contributed by atoms with van der Waals surface area (Å²) in [6.45, 7) is -0.490. The van der Waals surface area contributed by atoms with E-state index in [1.165, 1.54) is 24.3 Å². The highest BCUT2D eigenvalue weighted by molar-refractivity contribution is 6.08. The Labute approximate surface area is 148 Å². The van der Waals surface area contributed by atoms with Crippen LogP contribution in [0.1, 0.15) is 15.9 Å². The number of hydrogen-bond donors (Lipinski definition) is 5. The van der Waals surface area contributed by atoms with Crippen molar-refractivity contribution in [2.24, 2.45) is 5.73 Å². The number of nitrogens with one attached hydrogen (secondary N) is 3. The van der Waals surface area contributed by atoms with Gasteiger partial charge in [0.1, 0.15) is 11.6 Å².